The van der Waals surface area contributed by atoms with E-state index in [0.29, 0.717) is 23.3 Å². The van der Waals surface area contributed by atoms with E-state index in [1.54, 1.807) is 18.2 Å². The van der Waals surface area contributed by atoms with Crippen molar-refractivity contribution in [3.05, 3.63) is 71.4 Å². The molecule has 2 heterocycles. The smallest absolute Gasteiger partial charge is 0.335 e. The number of carboxylic acid groups (broad SMARTS) is 1. The molecule has 1 aliphatic rings. The average Bonchev–Trinajstić information content (AvgIpc) is 3.22. The summed E-state index contributed by atoms with van der Waals surface area (Å²) >= 11 is 1.38. The second-order valence-electron chi connectivity index (χ2n) is 8.51. The summed E-state index contributed by atoms with van der Waals surface area (Å²) in [6.07, 6.45) is 3.74. The summed E-state index contributed by atoms with van der Waals surface area (Å²) in [5, 5.41) is 26.4. The minimum Gasteiger partial charge on any atom is -0.478 e. The van der Waals surface area contributed by atoms with E-state index in [2.05, 4.69) is 32.7 Å². The van der Waals surface area contributed by atoms with Crippen LogP contribution in [0.4, 0.5) is 16.9 Å². The van der Waals surface area contributed by atoms with Crippen LogP contribution < -0.4 is 10.6 Å². The second kappa shape index (κ2) is 9.74. The van der Waals surface area contributed by atoms with Gasteiger partial charge in [-0.25, -0.2) is 14.8 Å². The molecule has 1 fully saturated rings. The van der Waals surface area contributed by atoms with Crippen LogP contribution in [0, 0.1) is 0 Å². The molecule has 174 valence electrons. The number of carboxylic acids is 1. The van der Waals surface area contributed by atoms with Crippen molar-refractivity contribution in [2.75, 3.05) is 10.6 Å². The molecule has 1 saturated carbocycles. The fourth-order valence-electron chi connectivity index (χ4n) is 4.15. The van der Waals surface area contributed by atoms with Gasteiger partial charge in [-0.15, -0.1) is 0 Å². The van der Waals surface area contributed by atoms with Crippen LogP contribution in [0.15, 0.2) is 54.6 Å². The Kier molecular flexibility index (Phi) is 6.37. The number of nitrogens with one attached hydrogen (secondary N) is 2. The van der Waals surface area contributed by atoms with Gasteiger partial charge in [-0.05, 0) is 49.4 Å². The lowest BCUT2D eigenvalue weighted by atomic mass is 9.93. The third-order valence-electron chi connectivity index (χ3n) is 5.91. The standard InChI is InChI=1S/C25H25N5O3S/c31-19-9-7-17(8-10-19)26-24-27-18(12-15-4-2-1-3-5-15)14-22(29-24)30-25-28-20-11-6-16(23(32)33)13-21(20)34-25/h1-6,11,13-14,17,19,31H,7-10,12H2,(H,32,33)(H2,26,27,28,29,30). The molecule has 2 aromatic carbocycles. The zero-order valence-electron chi connectivity index (χ0n) is 18.4. The third kappa shape index (κ3) is 5.32. The molecule has 0 radical (unpaired) electrons. The number of carbonyl (C=O) groups is 1. The Hall–Kier alpha value is -3.56. The topological polar surface area (TPSA) is 120 Å². The second-order valence-corrected chi connectivity index (χ2v) is 9.54. The number of aliphatic hydroxyl groups excluding tert-OH is 1. The normalized spacial score (nSPS) is 18.0. The summed E-state index contributed by atoms with van der Waals surface area (Å²) in [5.74, 6) is 0.209. The lowest BCUT2D eigenvalue weighted by molar-refractivity contribution is 0.0697. The van der Waals surface area contributed by atoms with Crippen molar-refractivity contribution in [3.63, 3.8) is 0 Å². The number of aromatic nitrogens is 3. The minimum absolute atomic E-state index is 0.221. The first kappa shape index (κ1) is 22.2. The number of rotatable bonds is 7. The van der Waals surface area contributed by atoms with Crippen LogP contribution in [0.1, 0.15) is 47.3 Å². The Morgan fingerprint density at radius 2 is 1.79 bits per heavy atom. The fourth-order valence-corrected chi connectivity index (χ4v) is 5.06. The molecule has 8 nitrogen and oxygen atoms in total. The Bertz CT molecular complexity index is 1300. The predicted octanol–water partition coefficient (Wildman–Crippen LogP) is 4.83. The van der Waals surface area contributed by atoms with Crippen LogP contribution in [0.25, 0.3) is 10.2 Å². The van der Waals surface area contributed by atoms with Gasteiger partial charge in [0.2, 0.25) is 5.95 Å². The van der Waals surface area contributed by atoms with Gasteiger partial charge in [0.25, 0.3) is 0 Å². The Labute approximate surface area is 200 Å². The van der Waals surface area contributed by atoms with Crippen LogP contribution in [0.5, 0.6) is 0 Å². The SMILES string of the molecule is O=C(O)c1ccc2nc(Nc3cc(Cc4ccccc4)nc(NC4CCC(O)CC4)n3)sc2c1. The zero-order valence-corrected chi connectivity index (χ0v) is 19.3. The van der Waals surface area contributed by atoms with Crippen molar-refractivity contribution >= 4 is 44.4 Å². The number of hydrogen-bond acceptors (Lipinski definition) is 8. The number of anilines is 3. The number of benzene rings is 2. The molecule has 0 unspecified atom stereocenters. The van der Waals surface area contributed by atoms with E-state index in [4.69, 9.17) is 4.98 Å². The highest BCUT2D eigenvalue weighted by Crippen LogP contribution is 2.30. The number of fused-ring (bicyclic) bond motifs is 1. The summed E-state index contributed by atoms with van der Waals surface area (Å²) < 4.78 is 0.792. The molecule has 4 N–H and O–H groups in total. The lowest BCUT2D eigenvalue weighted by Crippen LogP contribution is -2.29. The largest absolute Gasteiger partial charge is 0.478 e. The van der Waals surface area contributed by atoms with Crippen LogP contribution in [0.2, 0.25) is 0 Å². The molecule has 0 bridgehead atoms. The maximum absolute atomic E-state index is 11.3. The maximum Gasteiger partial charge on any atom is 0.335 e. The molecule has 0 spiro atoms. The average molecular weight is 476 g/mol. The van der Waals surface area contributed by atoms with Gasteiger partial charge in [0, 0.05) is 18.5 Å². The van der Waals surface area contributed by atoms with Gasteiger partial charge in [0.1, 0.15) is 5.82 Å². The molecule has 5 rings (SSSR count). The lowest BCUT2D eigenvalue weighted by Gasteiger charge is -2.26. The monoisotopic (exact) mass is 475 g/mol. The van der Waals surface area contributed by atoms with E-state index < -0.39 is 5.97 Å². The van der Waals surface area contributed by atoms with Gasteiger partial charge in [0.05, 0.1) is 27.6 Å². The third-order valence-corrected chi connectivity index (χ3v) is 6.84. The van der Waals surface area contributed by atoms with Gasteiger partial charge >= 0.3 is 5.97 Å². The molecule has 34 heavy (non-hydrogen) atoms. The summed E-state index contributed by atoms with van der Waals surface area (Å²) in [4.78, 5) is 25.3. The molecule has 0 atom stereocenters. The van der Waals surface area contributed by atoms with Gasteiger partial charge in [-0.1, -0.05) is 41.7 Å². The van der Waals surface area contributed by atoms with Crippen molar-refractivity contribution in [2.24, 2.45) is 0 Å². The van der Waals surface area contributed by atoms with Crippen molar-refractivity contribution in [1.82, 2.24) is 15.0 Å². The van der Waals surface area contributed by atoms with E-state index in [1.165, 1.54) is 11.3 Å². The Morgan fingerprint density at radius 1 is 1.00 bits per heavy atom. The van der Waals surface area contributed by atoms with Crippen molar-refractivity contribution in [2.45, 2.75) is 44.2 Å². The molecule has 0 aliphatic heterocycles. The fraction of sp³-hybridized carbons (Fsp3) is 0.280. The molecule has 1 aliphatic carbocycles. The molecular formula is C25H25N5O3S. The number of aromatic carboxylic acids is 1. The van der Waals surface area contributed by atoms with E-state index in [0.717, 1.165) is 47.2 Å². The molecule has 2 aromatic heterocycles. The predicted molar refractivity (Wildman–Crippen MR) is 133 cm³/mol. The highest BCUT2D eigenvalue weighted by Gasteiger charge is 2.20. The highest BCUT2D eigenvalue weighted by atomic mass is 32.1. The number of nitrogens with zero attached hydrogens (tertiary/aromatic N) is 3. The van der Waals surface area contributed by atoms with Gasteiger partial charge in [0.15, 0.2) is 5.13 Å². The number of hydrogen-bond donors (Lipinski definition) is 4. The van der Waals surface area contributed by atoms with Gasteiger partial charge in [-0.3, -0.25) is 0 Å². The first-order valence-electron chi connectivity index (χ1n) is 11.3. The minimum atomic E-state index is -0.961. The highest BCUT2D eigenvalue weighted by molar-refractivity contribution is 7.22. The van der Waals surface area contributed by atoms with Gasteiger partial charge < -0.3 is 20.8 Å². The quantitative estimate of drug-likeness (QED) is 0.300. The summed E-state index contributed by atoms with van der Waals surface area (Å²) in [6.45, 7) is 0. The Morgan fingerprint density at radius 3 is 2.56 bits per heavy atom. The zero-order chi connectivity index (χ0) is 23.5. The molecule has 4 aromatic rings. The van der Waals surface area contributed by atoms with Crippen LogP contribution in [-0.2, 0) is 6.42 Å². The summed E-state index contributed by atoms with van der Waals surface area (Å²) in [6, 6.07) is 17.2. The van der Waals surface area contributed by atoms with Crippen molar-refractivity contribution in [1.29, 1.82) is 0 Å². The molecule has 0 saturated heterocycles. The van der Waals surface area contributed by atoms with Crippen LogP contribution in [-0.4, -0.2) is 43.3 Å². The molecular weight excluding hydrogens is 450 g/mol. The van der Waals surface area contributed by atoms with Crippen LogP contribution in [0.3, 0.4) is 0 Å². The van der Waals surface area contributed by atoms with Gasteiger partial charge in [-0.2, -0.15) is 4.98 Å². The number of thiazole rings is 1. The Balaban J connectivity index is 1.42. The first-order valence-corrected chi connectivity index (χ1v) is 12.1. The summed E-state index contributed by atoms with van der Waals surface area (Å²) in [7, 11) is 0. The summed E-state index contributed by atoms with van der Waals surface area (Å²) in [5.41, 5.74) is 2.99. The maximum atomic E-state index is 11.3. The first-order chi connectivity index (χ1) is 16.5. The van der Waals surface area contributed by atoms with E-state index in [-0.39, 0.29) is 17.7 Å². The molecule has 9 heteroatoms. The van der Waals surface area contributed by atoms with E-state index in [9.17, 15) is 15.0 Å². The molecule has 0 amide bonds. The van der Waals surface area contributed by atoms with Crippen LogP contribution >= 0.6 is 11.3 Å². The van der Waals surface area contributed by atoms with Crippen molar-refractivity contribution in [3.8, 4) is 0 Å². The van der Waals surface area contributed by atoms with E-state index in [1.807, 2.05) is 24.3 Å². The van der Waals surface area contributed by atoms with E-state index >= 15 is 0 Å². The number of aliphatic hydroxyl groups is 1. The van der Waals surface area contributed by atoms with Crippen molar-refractivity contribution < 1.29 is 15.0 Å².